The minimum absolute atomic E-state index is 0.0850. The van der Waals surface area contributed by atoms with E-state index >= 15 is 0 Å². The minimum atomic E-state index is -0.139. The maximum atomic E-state index is 14.4. The molecule has 0 amide bonds. The molecule has 0 saturated carbocycles. The predicted octanol–water partition coefficient (Wildman–Crippen LogP) is 10.9. The summed E-state index contributed by atoms with van der Waals surface area (Å²) in [6, 6.07) is 26.0. The summed E-state index contributed by atoms with van der Waals surface area (Å²) in [7, 11) is 0. The fraction of sp³-hybridized carbons (Fsp3) is 0.409. The predicted molar refractivity (Wildman–Crippen MR) is 191 cm³/mol. The first kappa shape index (κ1) is 32.2. The van der Waals surface area contributed by atoms with E-state index in [-0.39, 0.29) is 45.1 Å². The summed E-state index contributed by atoms with van der Waals surface area (Å²) in [6.45, 7) is 26.6. The van der Waals surface area contributed by atoms with E-state index in [1.54, 1.807) is 0 Å². The van der Waals surface area contributed by atoms with Gasteiger partial charge in [-0.25, -0.2) is 0 Å². The van der Waals surface area contributed by atoms with E-state index in [1.807, 2.05) is 0 Å². The van der Waals surface area contributed by atoms with Gasteiger partial charge in [0.1, 0.15) is 0 Å². The number of carbonyl (C=O) groups is 2. The molecule has 0 aliphatic heterocycles. The molecule has 0 N–H and O–H groups in total. The van der Waals surface area contributed by atoms with Crippen LogP contribution < -0.4 is 0 Å². The highest BCUT2D eigenvalue weighted by atomic mass is 16.1. The number of benzene rings is 4. The second kappa shape index (κ2) is 10.4. The fourth-order valence-corrected chi connectivity index (χ4v) is 7.31. The zero-order valence-corrected chi connectivity index (χ0v) is 29.9. The van der Waals surface area contributed by atoms with Gasteiger partial charge in [0.2, 0.25) is 0 Å². The van der Waals surface area contributed by atoms with Gasteiger partial charge < -0.3 is 0 Å². The first-order valence-electron chi connectivity index (χ1n) is 16.8. The normalized spacial score (nSPS) is 18.1. The van der Waals surface area contributed by atoms with Gasteiger partial charge >= 0.3 is 0 Å². The Morgan fingerprint density at radius 2 is 0.630 bits per heavy atom. The van der Waals surface area contributed by atoms with Crippen molar-refractivity contribution in [1.82, 2.24) is 0 Å². The van der Waals surface area contributed by atoms with E-state index in [9.17, 15) is 9.59 Å². The van der Waals surface area contributed by atoms with Crippen molar-refractivity contribution in [3.05, 3.63) is 140 Å². The van der Waals surface area contributed by atoms with Crippen LogP contribution in [0.15, 0.2) is 72.8 Å². The van der Waals surface area contributed by atoms with Gasteiger partial charge in [0.25, 0.3) is 0 Å². The Bertz CT molecular complexity index is 1770. The number of fused-ring (bicyclic) bond motifs is 4. The molecule has 2 nitrogen and oxygen atoms in total. The molecule has 2 aliphatic rings. The van der Waals surface area contributed by atoms with E-state index in [0.29, 0.717) is 0 Å². The smallest absolute Gasteiger partial charge is 0.193 e. The summed E-state index contributed by atoms with van der Waals surface area (Å²) in [5.41, 5.74) is 11.7. The van der Waals surface area contributed by atoms with E-state index in [1.165, 1.54) is 11.1 Å². The summed E-state index contributed by atoms with van der Waals surface area (Å²) in [5, 5.41) is 0. The summed E-state index contributed by atoms with van der Waals surface area (Å²) in [6.07, 6.45) is 0. The van der Waals surface area contributed by atoms with Crippen molar-refractivity contribution in [3.63, 3.8) is 0 Å². The number of hydrogen-bond acceptors (Lipinski definition) is 2. The Kier molecular flexibility index (Phi) is 7.25. The zero-order valence-electron chi connectivity index (χ0n) is 29.9. The van der Waals surface area contributed by atoms with Crippen molar-refractivity contribution in [2.75, 3.05) is 0 Å². The van der Waals surface area contributed by atoms with Gasteiger partial charge in [0, 0.05) is 34.1 Å². The van der Waals surface area contributed by atoms with Crippen molar-refractivity contribution in [2.24, 2.45) is 0 Å². The van der Waals surface area contributed by atoms with Gasteiger partial charge in [-0.2, -0.15) is 0 Å². The third-order valence-corrected chi connectivity index (χ3v) is 10.3. The van der Waals surface area contributed by atoms with E-state index < -0.39 is 0 Å². The van der Waals surface area contributed by atoms with Gasteiger partial charge in [-0.15, -0.1) is 0 Å². The number of carbonyl (C=O) groups excluding carboxylic acids is 2. The van der Waals surface area contributed by atoms with Crippen LogP contribution >= 0.6 is 0 Å². The van der Waals surface area contributed by atoms with Crippen molar-refractivity contribution in [2.45, 2.75) is 117 Å². The highest BCUT2D eigenvalue weighted by Gasteiger charge is 2.43. The lowest BCUT2D eigenvalue weighted by Gasteiger charge is -2.40. The average Bonchev–Trinajstić information content (AvgIpc) is 2.96. The summed E-state index contributed by atoms with van der Waals surface area (Å²) in [4.78, 5) is 28.8. The summed E-state index contributed by atoms with van der Waals surface area (Å²) in [5.74, 6) is -0.0982. The molecule has 0 radical (unpaired) electrons. The molecule has 0 aromatic heterocycles. The molecular weight excluding hydrogens is 560 g/mol. The zero-order chi connectivity index (χ0) is 33.7. The largest absolute Gasteiger partial charge is 0.289 e. The Morgan fingerprint density at radius 1 is 0.348 bits per heavy atom. The van der Waals surface area contributed by atoms with Crippen LogP contribution in [0.1, 0.15) is 171 Å². The SMILES string of the molecule is CC(C)(C)c1ccc2c(c1)C(=O)c1ccc(C(C)(C)C)cc1C2C1c2ccc(C(C)(C)C)cc2C(=O)c2ccc(C(C)(C)C)cc21. The van der Waals surface area contributed by atoms with E-state index in [2.05, 4.69) is 156 Å². The molecule has 0 spiro atoms. The Balaban J connectivity index is 1.73. The Hall–Kier alpha value is -3.78. The van der Waals surface area contributed by atoms with Crippen LogP contribution in [-0.2, 0) is 21.7 Å². The van der Waals surface area contributed by atoms with E-state index in [0.717, 1.165) is 55.6 Å². The van der Waals surface area contributed by atoms with Crippen LogP contribution in [0, 0.1) is 0 Å². The first-order chi connectivity index (χ1) is 21.2. The van der Waals surface area contributed by atoms with Crippen LogP contribution in [0.2, 0.25) is 0 Å². The van der Waals surface area contributed by atoms with Crippen molar-refractivity contribution in [1.29, 1.82) is 0 Å². The Labute approximate surface area is 276 Å². The number of ketones is 2. The molecule has 2 aliphatic carbocycles. The molecule has 4 aromatic rings. The molecule has 4 aromatic carbocycles. The molecule has 2 heteroatoms. The second-order valence-electron chi connectivity index (χ2n) is 17.8. The van der Waals surface area contributed by atoms with Crippen LogP contribution in [0.3, 0.4) is 0 Å². The molecule has 238 valence electrons. The highest BCUT2D eigenvalue weighted by Crippen LogP contribution is 2.53. The molecule has 0 saturated heterocycles. The van der Waals surface area contributed by atoms with Crippen LogP contribution in [-0.4, -0.2) is 11.6 Å². The quantitative estimate of drug-likeness (QED) is 0.215. The topological polar surface area (TPSA) is 34.1 Å². The standard InChI is InChI=1S/C44H50O2/c1-41(2,3)25-15-19-31-33(21-25)37(29-17-13-27(43(7,8)9)23-35(29)39(31)45)38-30-18-14-28(44(10,11)12)24-36(30)40(46)32-20-16-26(22-34(32)38)42(4,5)6/h13-24,37-38H,1-12H3. The maximum absolute atomic E-state index is 14.4. The highest BCUT2D eigenvalue weighted by molar-refractivity contribution is 6.15. The number of hydrogen-bond donors (Lipinski definition) is 0. The van der Waals surface area contributed by atoms with Crippen molar-refractivity contribution in [3.8, 4) is 0 Å². The molecule has 2 atom stereocenters. The first-order valence-corrected chi connectivity index (χ1v) is 16.8. The van der Waals surface area contributed by atoms with Crippen molar-refractivity contribution < 1.29 is 9.59 Å². The van der Waals surface area contributed by atoms with Crippen LogP contribution in [0.25, 0.3) is 0 Å². The summed E-state index contributed by atoms with van der Waals surface area (Å²) < 4.78 is 0. The van der Waals surface area contributed by atoms with Gasteiger partial charge in [-0.05, 0) is 78.3 Å². The van der Waals surface area contributed by atoms with Gasteiger partial charge in [0.15, 0.2) is 11.6 Å². The molecule has 0 bridgehead atoms. The third kappa shape index (κ3) is 5.28. The second-order valence-corrected chi connectivity index (χ2v) is 17.8. The molecule has 0 heterocycles. The van der Waals surface area contributed by atoms with E-state index in [4.69, 9.17) is 0 Å². The lowest BCUT2D eigenvalue weighted by Crippen LogP contribution is -2.31. The molecular formula is C44H50O2. The molecule has 2 unspecified atom stereocenters. The number of rotatable bonds is 1. The monoisotopic (exact) mass is 610 g/mol. The Morgan fingerprint density at radius 3 is 0.935 bits per heavy atom. The molecule has 46 heavy (non-hydrogen) atoms. The fourth-order valence-electron chi connectivity index (χ4n) is 7.31. The molecule has 6 rings (SSSR count). The lowest BCUT2D eigenvalue weighted by molar-refractivity contribution is 0.102. The average molecular weight is 611 g/mol. The van der Waals surface area contributed by atoms with Gasteiger partial charge in [-0.3, -0.25) is 9.59 Å². The molecule has 0 fully saturated rings. The van der Waals surface area contributed by atoms with Crippen molar-refractivity contribution >= 4 is 11.6 Å². The van der Waals surface area contributed by atoms with Crippen LogP contribution in [0.5, 0.6) is 0 Å². The maximum Gasteiger partial charge on any atom is 0.193 e. The summed E-state index contributed by atoms with van der Waals surface area (Å²) >= 11 is 0. The van der Waals surface area contributed by atoms with Crippen LogP contribution in [0.4, 0.5) is 0 Å². The minimum Gasteiger partial charge on any atom is -0.289 e. The van der Waals surface area contributed by atoms with Gasteiger partial charge in [-0.1, -0.05) is 144 Å². The third-order valence-electron chi connectivity index (χ3n) is 10.3. The van der Waals surface area contributed by atoms with Gasteiger partial charge in [0.05, 0.1) is 0 Å². The lowest BCUT2D eigenvalue weighted by atomic mass is 9.62.